The summed E-state index contributed by atoms with van der Waals surface area (Å²) in [5, 5.41) is 20.1. The van der Waals surface area contributed by atoms with Gasteiger partial charge in [0.15, 0.2) is 0 Å². The zero-order valence-electron chi connectivity index (χ0n) is 6.98. The molecule has 0 spiro atoms. The second kappa shape index (κ2) is 4.32. The van der Waals surface area contributed by atoms with Crippen LogP contribution < -0.4 is 0 Å². The van der Waals surface area contributed by atoms with E-state index in [9.17, 15) is 4.79 Å². The minimum atomic E-state index is -0.907. The van der Waals surface area contributed by atoms with E-state index in [1.165, 1.54) is 4.90 Å². The summed E-state index contributed by atoms with van der Waals surface area (Å²) in [5.41, 5.74) is 0. The van der Waals surface area contributed by atoms with E-state index in [0.29, 0.717) is 25.9 Å². The van der Waals surface area contributed by atoms with E-state index in [4.69, 9.17) is 21.9 Å². The van der Waals surface area contributed by atoms with E-state index in [1.807, 2.05) is 0 Å². The molecule has 0 radical (unpaired) electrons. The molecule has 0 aromatic carbocycles. The Labute approximate surface area is 80.6 Å². The number of hydrogen-bond acceptors (Lipinski definition) is 3. The smallest absolute Gasteiger partial charge is 0.407 e. The highest BCUT2D eigenvalue weighted by molar-refractivity contribution is 6.65. The standard InChI is InChI=1S/C7H11ClN2O3/c8-6(9-13)5-1-3-10(4-2-5)7(11)12/h5,13H,1-4H2,(H,11,12)/b9-6+. The first-order chi connectivity index (χ1) is 6.15. The molecule has 1 rings (SSSR count). The molecule has 74 valence electrons. The summed E-state index contributed by atoms with van der Waals surface area (Å²) in [7, 11) is 0. The molecule has 1 saturated heterocycles. The number of piperidine rings is 1. The molecule has 6 heteroatoms. The first-order valence-corrected chi connectivity index (χ1v) is 4.38. The van der Waals surface area contributed by atoms with Crippen LogP contribution in [0.1, 0.15) is 12.8 Å². The van der Waals surface area contributed by atoms with Crippen molar-refractivity contribution >= 4 is 22.9 Å². The largest absolute Gasteiger partial charge is 0.465 e. The number of hydrogen-bond donors (Lipinski definition) is 2. The Kier molecular flexibility index (Phi) is 3.36. The molecule has 0 aromatic rings. The summed E-state index contributed by atoms with van der Waals surface area (Å²) >= 11 is 5.61. The van der Waals surface area contributed by atoms with Crippen LogP contribution >= 0.6 is 11.6 Å². The predicted octanol–water partition coefficient (Wildman–Crippen LogP) is 1.40. The van der Waals surface area contributed by atoms with Crippen LogP contribution in [0.3, 0.4) is 0 Å². The molecule has 0 saturated carbocycles. The molecule has 0 unspecified atom stereocenters. The second-order valence-corrected chi connectivity index (χ2v) is 3.35. The van der Waals surface area contributed by atoms with Gasteiger partial charge >= 0.3 is 6.09 Å². The molecule has 0 aromatic heterocycles. The minimum Gasteiger partial charge on any atom is -0.465 e. The van der Waals surface area contributed by atoms with Gasteiger partial charge in [-0.1, -0.05) is 16.8 Å². The number of likely N-dealkylation sites (tertiary alicyclic amines) is 1. The molecule has 13 heavy (non-hydrogen) atoms. The number of oxime groups is 1. The van der Waals surface area contributed by atoms with Gasteiger partial charge in [-0.3, -0.25) is 0 Å². The number of rotatable bonds is 1. The molecule has 0 atom stereocenters. The van der Waals surface area contributed by atoms with Crippen LogP contribution in [0.5, 0.6) is 0 Å². The Morgan fingerprint density at radius 2 is 2.00 bits per heavy atom. The molecule has 2 N–H and O–H groups in total. The average Bonchev–Trinajstić information content (AvgIpc) is 2.17. The van der Waals surface area contributed by atoms with Crippen molar-refractivity contribution in [1.29, 1.82) is 0 Å². The summed E-state index contributed by atoms with van der Waals surface area (Å²) in [6.07, 6.45) is 0.334. The van der Waals surface area contributed by atoms with Gasteiger partial charge in [0.25, 0.3) is 0 Å². The van der Waals surface area contributed by atoms with E-state index in [2.05, 4.69) is 5.16 Å². The quantitative estimate of drug-likeness (QED) is 0.387. The molecule has 1 heterocycles. The number of nitrogens with zero attached hydrogens (tertiary/aromatic N) is 2. The first-order valence-electron chi connectivity index (χ1n) is 4.00. The number of halogens is 1. The van der Waals surface area contributed by atoms with Crippen LogP contribution in [0, 0.1) is 5.92 Å². The molecule has 0 bridgehead atoms. The van der Waals surface area contributed by atoms with E-state index >= 15 is 0 Å². The summed E-state index contributed by atoms with van der Waals surface area (Å²) in [4.78, 5) is 11.8. The Morgan fingerprint density at radius 3 is 2.38 bits per heavy atom. The molecule has 1 aliphatic rings. The lowest BCUT2D eigenvalue weighted by molar-refractivity contribution is 0.131. The molecule has 5 nitrogen and oxygen atoms in total. The van der Waals surface area contributed by atoms with Crippen molar-refractivity contribution in [2.24, 2.45) is 11.1 Å². The molecule has 1 amide bonds. The molecular formula is C7H11ClN2O3. The summed E-state index contributed by atoms with van der Waals surface area (Å²) < 4.78 is 0. The Balaban J connectivity index is 2.43. The van der Waals surface area contributed by atoms with Crippen molar-refractivity contribution in [1.82, 2.24) is 4.90 Å². The van der Waals surface area contributed by atoms with Crippen molar-refractivity contribution in [2.45, 2.75) is 12.8 Å². The third kappa shape index (κ3) is 2.48. The lowest BCUT2D eigenvalue weighted by Crippen LogP contribution is -2.38. The molecule has 0 aliphatic carbocycles. The maximum Gasteiger partial charge on any atom is 0.407 e. The summed E-state index contributed by atoms with van der Waals surface area (Å²) in [6, 6.07) is 0. The van der Waals surface area contributed by atoms with Gasteiger partial charge in [0.05, 0.1) is 0 Å². The lowest BCUT2D eigenvalue weighted by Gasteiger charge is -2.28. The molecule has 1 fully saturated rings. The fraction of sp³-hybridized carbons (Fsp3) is 0.714. The first kappa shape index (κ1) is 10.1. The number of carboxylic acid groups (broad SMARTS) is 1. The van der Waals surface area contributed by atoms with Crippen molar-refractivity contribution in [3.63, 3.8) is 0 Å². The van der Waals surface area contributed by atoms with Crippen LogP contribution in [-0.4, -0.2) is 39.6 Å². The van der Waals surface area contributed by atoms with Gasteiger partial charge in [-0.05, 0) is 12.8 Å². The number of carbonyl (C=O) groups is 1. The van der Waals surface area contributed by atoms with Crippen LogP contribution in [0.15, 0.2) is 5.16 Å². The van der Waals surface area contributed by atoms with E-state index in [1.54, 1.807) is 0 Å². The normalized spacial score (nSPS) is 20.4. The molecular weight excluding hydrogens is 196 g/mol. The van der Waals surface area contributed by atoms with Gasteiger partial charge in [0.1, 0.15) is 5.17 Å². The predicted molar refractivity (Wildman–Crippen MR) is 47.4 cm³/mol. The van der Waals surface area contributed by atoms with Gasteiger partial charge in [-0.25, -0.2) is 4.79 Å². The van der Waals surface area contributed by atoms with Crippen molar-refractivity contribution in [3.8, 4) is 0 Å². The monoisotopic (exact) mass is 206 g/mol. The van der Waals surface area contributed by atoms with Crippen LogP contribution in [0.2, 0.25) is 0 Å². The van der Waals surface area contributed by atoms with Crippen LogP contribution in [0.4, 0.5) is 4.79 Å². The third-order valence-electron chi connectivity index (χ3n) is 2.20. The van der Waals surface area contributed by atoms with Crippen molar-refractivity contribution in [3.05, 3.63) is 0 Å². The van der Waals surface area contributed by atoms with Gasteiger partial charge in [-0.15, -0.1) is 0 Å². The van der Waals surface area contributed by atoms with Gasteiger partial charge < -0.3 is 15.2 Å². The SMILES string of the molecule is O=C(O)N1CCC(/C(Cl)=N\O)CC1. The minimum absolute atomic E-state index is 0.00210. The second-order valence-electron chi connectivity index (χ2n) is 2.97. The summed E-state index contributed by atoms with van der Waals surface area (Å²) in [5.74, 6) is 0.00210. The number of amides is 1. The zero-order chi connectivity index (χ0) is 9.84. The third-order valence-corrected chi connectivity index (χ3v) is 2.58. The maximum atomic E-state index is 10.5. The lowest BCUT2D eigenvalue weighted by atomic mass is 9.98. The van der Waals surface area contributed by atoms with E-state index in [-0.39, 0.29) is 11.1 Å². The molecule has 1 aliphatic heterocycles. The Hall–Kier alpha value is -0.970. The Bertz CT molecular complexity index is 224. The Morgan fingerprint density at radius 1 is 1.46 bits per heavy atom. The zero-order valence-corrected chi connectivity index (χ0v) is 7.74. The highest BCUT2D eigenvalue weighted by atomic mass is 35.5. The van der Waals surface area contributed by atoms with E-state index < -0.39 is 6.09 Å². The van der Waals surface area contributed by atoms with Gasteiger partial charge in [0.2, 0.25) is 0 Å². The van der Waals surface area contributed by atoms with Crippen molar-refractivity contribution in [2.75, 3.05) is 13.1 Å². The fourth-order valence-electron chi connectivity index (χ4n) is 1.39. The average molecular weight is 207 g/mol. The van der Waals surface area contributed by atoms with E-state index in [0.717, 1.165) is 0 Å². The van der Waals surface area contributed by atoms with Crippen molar-refractivity contribution < 1.29 is 15.1 Å². The highest BCUT2D eigenvalue weighted by Gasteiger charge is 2.24. The van der Waals surface area contributed by atoms with Gasteiger partial charge in [0, 0.05) is 19.0 Å². The highest BCUT2D eigenvalue weighted by Crippen LogP contribution is 2.20. The van der Waals surface area contributed by atoms with Crippen LogP contribution in [-0.2, 0) is 0 Å². The maximum absolute atomic E-state index is 10.5. The van der Waals surface area contributed by atoms with Crippen LogP contribution in [0.25, 0.3) is 0 Å². The fourth-order valence-corrected chi connectivity index (χ4v) is 1.61. The summed E-state index contributed by atoms with van der Waals surface area (Å²) in [6.45, 7) is 0.900. The van der Waals surface area contributed by atoms with Gasteiger partial charge in [-0.2, -0.15) is 0 Å². The topological polar surface area (TPSA) is 73.1 Å².